The van der Waals surface area contributed by atoms with Crippen LogP contribution in [0.4, 0.5) is 0 Å². The second-order valence-corrected chi connectivity index (χ2v) is 8.47. The SMILES string of the molecule is CC(C)c1ccc2c(c1)OC1(N)c3ccccc3C(=O)C21O.OCC(CO)(CO)CO. The van der Waals surface area contributed by atoms with E-state index in [1.54, 1.807) is 30.3 Å². The van der Waals surface area contributed by atoms with Crippen LogP contribution in [-0.4, -0.2) is 57.7 Å². The highest BCUT2D eigenvalue weighted by Crippen LogP contribution is 2.56. The van der Waals surface area contributed by atoms with Gasteiger partial charge in [0.05, 0.1) is 31.8 Å². The second kappa shape index (κ2) is 8.31. The fraction of sp³-hybridized carbons (Fsp3) is 0.435. The molecule has 168 valence electrons. The van der Waals surface area contributed by atoms with Crippen molar-refractivity contribution in [3.05, 3.63) is 64.7 Å². The van der Waals surface area contributed by atoms with Gasteiger partial charge in [0.25, 0.3) is 0 Å². The van der Waals surface area contributed by atoms with Crippen LogP contribution in [0.2, 0.25) is 0 Å². The minimum absolute atomic E-state index is 0.320. The molecule has 4 rings (SSSR count). The number of ketones is 1. The van der Waals surface area contributed by atoms with Crippen molar-refractivity contribution in [1.29, 1.82) is 0 Å². The molecule has 0 bridgehead atoms. The second-order valence-electron chi connectivity index (χ2n) is 8.47. The topological polar surface area (TPSA) is 153 Å². The number of aliphatic hydroxyl groups is 5. The van der Waals surface area contributed by atoms with E-state index in [2.05, 4.69) is 13.8 Å². The first kappa shape index (κ1) is 23.3. The molecular weight excluding hydrogens is 402 g/mol. The molecule has 2 aliphatic rings. The Kier molecular flexibility index (Phi) is 6.25. The molecule has 31 heavy (non-hydrogen) atoms. The molecule has 0 radical (unpaired) electrons. The fourth-order valence-electron chi connectivity index (χ4n) is 3.77. The number of hydrogen-bond donors (Lipinski definition) is 6. The van der Waals surface area contributed by atoms with Crippen molar-refractivity contribution < 1.29 is 35.1 Å². The summed E-state index contributed by atoms with van der Waals surface area (Å²) >= 11 is 0. The Labute approximate surface area is 180 Å². The van der Waals surface area contributed by atoms with E-state index in [1.165, 1.54) is 0 Å². The van der Waals surface area contributed by atoms with Crippen molar-refractivity contribution in [1.82, 2.24) is 0 Å². The van der Waals surface area contributed by atoms with Gasteiger partial charge in [-0.2, -0.15) is 0 Å². The van der Waals surface area contributed by atoms with Crippen molar-refractivity contribution >= 4 is 5.78 Å². The fourth-order valence-corrected chi connectivity index (χ4v) is 3.77. The summed E-state index contributed by atoms with van der Waals surface area (Å²) in [6, 6.07) is 12.5. The normalized spacial score (nSPS) is 23.6. The van der Waals surface area contributed by atoms with Crippen molar-refractivity contribution in [2.75, 3.05) is 26.4 Å². The molecule has 0 fully saturated rings. The van der Waals surface area contributed by atoms with E-state index in [-0.39, 0.29) is 0 Å². The number of benzene rings is 2. The summed E-state index contributed by atoms with van der Waals surface area (Å²) in [5.41, 5.74) is 4.33. The summed E-state index contributed by atoms with van der Waals surface area (Å²) in [7, 11) is 0. The molecule has 0 saturated carbocycles. The number of rotatable bonds is 5. The van der Waals surface area contributed by atoms with E-state index in [9.17, 15) is 9.90 Å². The zero-order chi connectivity index (χ0) is 23.0. The maximum absolute atomic E-state index is 12.8. The van der Waals surface area contributed by atoms with E-state index in [0.717, 1.165) is 5.56 Å². The molecule has 8 heteroatoms. The maximum Gasteiger partial charge on any atom is 0.226 e. The molecule has 2 unspecified atom stereocenters. The number of aliphatic hydroxyl groups excluding tert-OH is 4. The van der Waals surface area contributed by atoms with Gasteiger partial charge in [0.15, 0.2) is 0 Å². The Balaban J connectivity index is 0.000000259. The lowest BCUT2D eigenvalue weighted by Crippen LogP contribution is -2.55. The Morgan fingerprint density at radius 2 is 1.55 bits per heavy atom. The summed E-state index contributed by atoms with van der Waals surface area (Å²) in [5.74, 6) is 0.404. The summed E-state index contributed by atoms with van der Waals surface area (Å²) in [6.07, 6.45) is 0. The van der Waals surface area contributed by atoms with E-state index < -0.39 is 49.0 Å². The van der Waals surface area contributed by atoms with Gasteiger partial charge in [0.1, 0.15) is 5.75 Å². The molecule has 0 spiro atoms. The van der Waals surface area contributed by atoms with Gasteiger partial charge in [0.2, 0.25) is 17.1 Å². The van der Waals surface area contributed by atoms with Gasteiger partial charge in [-0.05, 0) is 17.5 Å². The number of hydrogen-bond acceptors (Lipinski definition) is 8. The third-order valence-electron chi connectivity index (χ3n) is 6.11. The van der Waals surface area contributed by atoms with Gasteiger partial charge in [-0.25, -0.2) is 0 Å². The van der Waals surface area contributed by atoms with Gasteiger partial charge in [-0.1, -0.05) is 50.2 Å². The third kappa shape index (κ3) is 3.36. The predicted molar refractivity (Wildman–Crippen MR) is 112 cm³/mol. The van der Waals surface area contributed by atoms with Crippen LogP contribution in [0.3, 0.4) is 0 Å². The van der Waals surface area contributed by atoms with Crippen molar-refractivity contribution in [2.24, 2.45) is 11.1 Å². The largest absolute Gasteiger partial charge is 0.464 e. The number of Topliss-reactive ketones (excluding diaryl/α,β-unsaturated/α-hetero) is 1. The highest BCUT2D eigenvalue weighted by molar-refractivity contribution is 6.09. The Morgan fingerprint density at radius 3 is 2.06 bits per heavy atom. The molecule has 2 atom stereocenters. The van der Waals surface area contributed by atoms with Gasteiger partial charge in [-0.3, -0.25) is 10.5 Å². The third-order valence-corrected chi connectivity index (χ3v) is 6.11. The van der Waals surface area contributed by atoms with E-state index in [1.807, 2.05) is 12.1 Å². The van der Waals surface area contributed by atoms with Crippen molar-refractivity contribution in [3.63, 3.8) is 0 Å². The van der Waals surface area contributed by atoms with E-state index >= 15 is 0 Å². The lowest BCUT2D eigenvalue weighted by atomic mass is 9.85. The number of carbonyl (C=O) groups excluding carboxylic acids is 1. The number of ether oxygens (including phenoxy) is 1. The minimum atomic E-state index is -1.86. The first-order valence-corrected chi connectivity index (χ1v) is 10.1. The van der Waals surface area contributed by atoms with Crippen LogP contribution in [0.5, 0.6) is 5.75 Å². The van der Waals surface area contributed by atoms with Crippen molar-refractivity contribution in [2.45, 2.75) is 31.1 Å². The van der Waals surface area contributed by atoms with Crippen LogP contribution in [0.15, 0.2) is 42.5 Å². The van der Waals surface area contributed by atoms with Crippen LogP contribution in [0, 0.1) is 5.41 Å². The standard InChI is InChI=1S/C18H17NO3.C5H12O4/c1-10(2)11-7-8-14-15(9-11)22-18(19)13-6-4-3-5-12(13)16(20)17(14,18)21;6-1-5(2-7,3-8)4-9/h3-10,21H,19H2,1-2H3;6-9H,1-4H2. The maximum atomic E-state index is 12.8. The Bertz CT molecular complexity index is 955. The minimum Gasteiger partial charge on any atom is -0.464 e. The number of carbonyl (C=O) groups is 1. The van der Waals surface area contributed by atoms with Crippen LogP contribution >= 0.6 is 0 Å². The summed E-state index contributed by atoms with van der Waals surface area (Å²) in [6.45, 7) is 2.52. The highest BCUT2D eigenvalue weighted by Gasteiger charge is 2.68. The van der Waals surface area contributed by atoms with E-state index in [4.69, 9.17) is 30.9 Å². The zero-order valence-corrected chi connectivity index (χ0v) is 17.6. The number of fused-ring (bicyclic) bond motifs is 5. The molecule has 7 N–H and O–H groups in total. The quantitative estimate of drug-likeness (QED) is 0.396. The summed E-state index contributed by atoms with van der Waals surface area (Å²) in [5, 5.41) is 45.1. The molecule has 2 aromatic rings. The average Bonchev–Trinajstić information content (AvgIpc) is 3.12. The van der Waals surface area contributed by atoms with Crippen LogP contribution < -0.4 is 10.5 Å². The van der Waals surface area contributed by atoms with Gasteiger partial charge in [-0.15, -0.1) is 0 Å². The summed E-state index contributed by atoms with van der Waals surface area (Å²) < 4.78 is 5.92. The monoisotopic (exact) mass is 431 g/mol. The van der Waals surface area contributed by atoms with Gasteiger partial charge in [0, 0.05) is 16.7 Å². The molecule has 0 amide bonds. The molecule has 8 nitrogen and oxygen atoms in total. The smallest absolute Gasteiger partial charge is 0.226 e. The molecular formula is C23H29NO7. The first-order valence-electron chi connectivity index (χ1n) is 10.1. The summed E-state index contributed by atoms with van der Waals surface area (Å²) in [4.78, 5) is 12.8. The highest BCUT2D eigenvalue weighted by atomic mass is 16.5. The van der Waals surface area contributed by atoms with Crippen molar-refractivity contribution in [3.8, 4) is 5.75 Å². The molecule has 0 saturated heterocycles. The van der Waals surface area contributed by atoms with Crippen LogP contribution in [-0.2, 0) is 11.3 Å². The molecule has 1 heterocycles. The lowest BCUT2D eigenvalue weighted by molar-refractivity contribution is -0.0807. The first-order chi connectivity index (χ1) is 14.6. The van der Waals surface area contributed by atoms with Gasteiger partial charge < -0.3 is 30.3 Å². The molecule has 1 aliphatic heterocycles. The van der Waals surface area contributed by atoms with E-state index in [0.29, 0.717) is 28.4 Å². The average molecular weight is 431 g/mol. The molecule has 2 aromatic carbocycles. The Hall–Kier alpha value is -2.33. The number of nitrogens with two attached hydrogens (primary N) is 1. The van der Waals surface area contributed by atoms with Gasteiger partial charge >= 0.3 is 0 Å². The molecule has 1 aliphatic carbocycles. The Morgan fingerprint density at radius 1 is 0.968 bits per heavy atom. The van der Waals surface area contributed by atoms with Crippen LogP contribution in [0.25, 0.3) is 0 Å². The molecule has 0 aromatic heterocycles. The lowest BCUT2D eigenvalue weighted by Gasteiger charge is -2.30. The zero-order valence-electron chi connectivity index (χ0n) is 17.6. The predicted octanol–water partition coefficient (Wildman–Crippen LogP) is 0.340. The van der Waals surface area contributed by atoms with Crippen LogP contribution in [0.1, 0.15) is 46.8 Å².